The maximum absolute atomic E-state index is 5.99. The fourth-order valence-electron chi connectivity index (χ4n) is 2.99. The molecule has 14 heavy (non-hydrogen) atoms. The average Bonchev–Trinajstić information content (AvgIpc) is 2.19. The lowest BCUT2D eigenvalue weighted by Gasteiger charge is -2.34. The third kappa shape index (κ3) is 2.96. The van der Waals surface area contributed by atoms with E-state index < -0.39 is 0 Å². The van der Waals surface area contributed by atoms with Crippen LogP contribution in [0, 0.1) is 5.92 Å². The Kier molecular flexibility index (Phi) is 3.82. The molecule has 0 aromatic carbocycles. The number of hydrogen-bond acceptors (Lipinski definition) is 2. The van der Waals surface area contributed by atoms with E-state index >= 15 is 0 Å². The van der Waals surface area contributed by atoms with Crippen LogP contribution in [0.1, 0.15) is 44.9 Å². The van der Waals surface area contributed by atoms with Gasteiger partial charge in [0.15, 0.2) is 0 Å². The fourth-order valence-corrected chi connectivity index (χ4v) is 2.99. The number of piperidine rings is 1. The second-order valence-electron chi connectivity index (χ2n) is 5.17. The van der Waals surface area contributed by atoms with Crippen LogP contribution in [0.4, 0.5) is 0 Å². The summed E-state index contributed by atoms with van der Waals surface area (Å²) >= 11 is 0. The summed E-state index contributed by atoms with van der Waals surface area (Å²) in [6, 6.07) is 0.451. The number of nitrogens with two attached hydrogens (primary N) is 1. The van der Waals surface area contributed by atoms with Crippen LogP contribution >= 0.6 is 0 Å². The van der Waals surface area contributed by atoms with E-state index in [1.54, 1.807) is 0 Å². The molecule has 0 aromatic heterocycles. The number of rotatable bonds is 2. The zero-order valence-electron chi connectivity index (χ0n) is 9.25. The Bertz CT molecular complexity index is 164. The summed E-state index contributed by atoms with van der Waals surface area (Å²) in [5.74, 6) is 0.981. The second kappa shape index (κ2) is 5.13. The van der Waals surface area contributed by atoms with Gasteiger partial charge in [0.05, 0.1) is 0 Å². The highest BCUT2D eigenvalue weighted by Gasteiger charge is 2.21. The van der Waals surface area contributed by atoms with E-state index in [9.17, 15) is 0 Å². The maximum atomic E-state index is 5.99. The summed E-state index contributed by atoms with van der Waals surface area (Å²) in [5, 5.41) is 0. The summed E-state index contributed by atoms with van der Waals surface area (Å²) in [4.78, 5) is 2.60. The van der Waals surface area contributed by atoms with Crippen molar-refractivity contribution in [1.82, 2.24) is 4.90 Å². The number of nitrogens with zero attached hydrogens (tertiary/aromatic N) is 1. The molecule has 1 saturated carbocycles. The van der Waals surface area contributed by atoms with E-state index in [0.717, 1.165) is 12.5 Å². The molecular formula is C12H24N2. The summed E-state index contributed by atoms with van der Waals surface area (Å²) in [5.41, 5.74) is 5.99. The van der Waals surface area contributed by atoms with Crippen LogP contribution in [-0.2, 0) is 0 Å². The van der Waals surface area contributed by atoms with E-state index in [1.165, 1.54) is 58.0 Å². The lowest BCUT2D eigenvalue weighted by molar-refractivity contribution is 0.161. The van der Waals surface area contributed by atoms with Crippen molar-refractivity contribution in [3.63, 3.8) is 0 Å². The molecule has 2 aliphatic rings. The Morgan fingerprint density at radius 2 is 1.79 bits per heavy atom. The molecule has 0 unspecified atom stereocenters. The molecule has 82 valence electrons. The molecule has 1 aliphatic carbocycles. The van der Waals surface area contributed by atoms with Gasteiger partial charge in [-0.15, -0.1) is 0 Å². The maximum Gasteiger partial charge on any atom is 0.0168 e. The van der Waals surface area contributed by atoms with E-state index in [4.69, 9.17) is 5.73 Å². The smallest absolute Gasteiger partial charge is 0.0168 e. The van der Waals surface area contributed by atoms with Crippen molar-refractivity contribution in [2.45, 2.75) is 51.0 Å². The van der Waals surface area contributed by atoms with Gasteiger partial charge in [-0.05, 0) is 38.1 Å². The van der Waals surface area contributed by atoms with Crippen molar-refractivity contribution in [2.75, 3.05) is 19.6 Å². The van der Waals surface area contributed by atoms with E-state index in [-0.39, 0.29) is 0 Å². The molecule has 0 aromatic rings. The molecule has 2 heteroatoms. The van der Waals surface area contributed by atoms with Crippen molar-refractivity contribution < 1.29 is 0 Å². The van der Waals surface area contributed by atoms with E-state index in [1.807, 2.05) is 0 Å². The van der Waals surface area contributed by atoms with Gasteiger partial charge in [-0.25, -0.2) is 0 Å². The highest BCUT2D eigenvalue weighted by atomic mass is 15.1. The van der Waals surface area contributed by atoms with Crippen molar-refractivity contribution in [3.05, 3.63) is 0 Å². The van der Waals surface area contributed by atoms with Crippen LogP contribution in [0.5, 0.6) is 0 Å². The van der Waals surface area contributed by atoms with Gasteiger partial charge in [0.2, 0.25) is 0 Å². The Balaban J connectivity index is 1.72. The molecule has 2 rings (SSSR count). The molecule has 1 atom stereocenters. The zero-order valence-corrected chi connectivity index (χ0v) is 9.25. The molecular weight excluding hydrogens is 172 g/mol. The Morgan fingerprint density at radius 1 is 1.00 bits per heavy atom. The Hall–Kier alpha value is -0.0800. The lowest BCUT2D eigenvalue weighted by atomic mass is 9.88. The molecule has 0 amide bonds. The van der Waals surface area contributed by atoms with Gasteiger partial charge in [-0.3, -0.25) is 0 Å². The van der Waals surface area contributed by atoms with Crippen LogP contribution in [0.3, 0.4) is 0 Å². The molecule has 0 bridgehead atoms. The molecule has 1 saturated heterocycles. The summed E-state index contributed by atoms with van der Waals surface area (Å²) in [6.07, 6.45) is 9.87. The van der Waals surface area contributed by atoms with Gasteiger partial charge in [0.1, 0.15) is 0 Å². The average molecular weight is 196 g/mol. The zero-order chi connectivity index (χ0) is 9.80. The third-order valence-corrected chi connectivity index (χ3v) is 3.78. The highest BCUT2D eigenvalue weighted by molar-refractivity contribution is 4.78. The molecule has 1 aliphatic heterocycles. The van der Waals surface area contributed by atoms with Crippen molar-refractivity contribution >= 4 is 0 Å². The first-order valence-corrected chi connectivity index (χ1v) is 6.32. The number of hydrogen-bond donors (Lipinski definition) is 1. The van der Waals surface area contributed by atoms with Gasteiger partial charge < -0.3 is 10.6 Å². The predicted octanol–water partition coefficient (Wildman–Crippen LogP) is 1.99. The van der Waals surface area contributed by atoms with Gasteiger partial charge in [0, 0.05) is 19.1 Å². The summed E-state index contributed by atoms with van der Waals surface area (Å²) < 4.78 is 0. The van der Waals surface area contributed by atoms with Crippen LogP contribution in [-0.4, -0.2) is 30.6 Å². The third-order valence-electron chi connectivity index (χ3n) is 3.78. The van der Waals surface area contributed by atoms with Crippen molar-refractivity contribution in [1.29, 1.82) is 0 Å². The normalized spacial score (nSPS) is 31.9. The fraction of sp³-hybridized carbons (Fsp3) is 1.00. The van der Waals surface area contributed by atoms with Crippen LogP contribution in [0.2, 0.25) is 0 Å². The van der Waals surface area contributed by atoms with Gasteiger partial charge >= 0.3 is 0 Å². The molecule has 0 radical (unpaired) electrons. The Labute approximate surface area is 87.8 Å². The highest BCUT2D eigenvalue weighted by Crippen LogP contribution is 2.25. The first-order chi connectivity index (χ1) is 6.84. The molecule has 1 heterocycles. The van der Waals surface area contributed by atoms with Gasteiger partial charge in [-0.2, -0.15) is 0 Å². The van der Waals surface area contributed by atoms with Crippen LogP contribution < -0.4 is 5.73 Å². The molecule has 2 N–H and O–H groups in total. The van der Waals surface area contributed by atoms with Crippen molar-refractivity contribution in [2.24, 2.45) is 11.7 Å². The first-order valence-electron chi connectivity index (χ1n) is 6.32. The minimum absolute atomic E-state index is 0.451. The second-order valence-corrected chi connectivity index (χ2v) is 5.17. The largest absolute Gasteiger partial charge is 0.327 e. The summed E-state index contributed by atoms with van der Waals surface area (Å²) in [7, 11) is 0. The standard InChI is InChI=1S/C12H24N2/c13-12-7-4-8-14(10-12)9-11-5-2-1-3-6-11/h11-12H,1-10,13H2/t12-/m1/s1. The van der Waals surface area contributed by atoms with Gasteiger partial charge in [-0.1, -0.05) is 19.3 Å². The predicted molar refractivity (Wildman–Crippen MR) is 60.2 cm³/mol. The quantitative estimate of drug-likeness (QED) is 0.732. The minimum Gasteiger partial charge on any atom is -0.327 e. The van der Waals surface area contributed by atoms with Crippen LogP contribution in [0.25, 0.3) is 0 Å². The molecule has 0 spiro atoms. The molecule has 2 fully saturated rings. The van der Waals surface area contributed by atoms with Crippen LogP contribution in [0.15, 0.2) is 0 Å². The monoisotopic (exact) mass is 196 g/mol. The van der Waals surface area contributed by atoms with E-state index in [2.05, 4.69) is 4.90 Å². The summed E-state index contributed by atoms with van der Waals surface area (Å²) in [6.45, 7) is 3.77. The SMILES string of the molecule is N[C@@H]1CCCN(CC2CCCCC2)C1. The van der Waals surface area contributed by atoms with Crippen molar-refractivity contribution in [3.8, 4) is 0 Å². The lowest BCUT2D eigenvalue weighted by Crippen LogP contribution is -2.44. The molecule has 2 nitrogen and oxygen atoms in total. The van der Waals surface area contributed by atoms with E-state index in [0.29, 0.717) is 6.04 Å². The minimum atomic E-state index is 0.451. The number of likely N-dealkylation sites (tertiary alicyclic amines) is 1. The first kappa shape index (κ1) is 10.4. The topological polar surface area (TPSA) is 29.3 Å². The Morgan fingerprint density at radius 3 is 2.50 bits per heavy atom. The van der Waals surface area contributed by atoms with Gasteiger partial charge in [0.25, 0.3) is 0 Å².